The maximum atomic E-state index is 11.6. The molecule has 1 fully saturated rings. The lowest BCUT2D eigenvalue weighted by atomic mass is 10.1. The fraction of sp³-hybridized carbons (Fsp3) is 0.750. The number of nitrogens with two attached hydrogens (primary N) is 1. The minimum Gasteiger partial charge on any atom is -0.480 e. The van der Waals surface area contributed by atoms with E-state index in [0.717, 1.165) is 19.4 Å². The van der Waals surface area contributed by atoms with Crippen LogP contribution in [0, 0.1) is 0 Å². The Hall–Kier alpha value is -1.63. The first-order valence-corrected chi connectivity index (χ1v) is 6.41. The second-order valence-electron chi connectivity index (χ2n) is 4.64. The van der Waals surface area contributed by atoms with Crippen LogP contribution >= 0.6 is 0 Å². The highest BCUT2D eigenvalue weighted by atomic mass is 16.5. The van der Waals surface area contributed by atoms with Gasteiger partial charge in [0.15, 0.2) is 0 Å². The molecule has 0 saturated carbocycles. The van der Waals surface area contributed by atoms with Crippen LogP contribution in [0.3, 0.4) is 0 Å². The molecular weight excluding hydrogens is 252 g/mol. The van der Waals surface area contributed by atoms with Gasteiger partial charge in [0, 0.05) is 19.4 Å². The monoisotopic (exact) mass is 272 g/mol. The van der Waals surface area contributed by atoms with Gasteiger partial charge < -0.3 is 20.9 Å². The van der Waals surface area contributed by atoms with Crippen molar-refractivity contribution in [1.29, 1.82) is 0 Å². The minimum absolute atomic E-state index is 0.0103. The smallest absolute Gasteiger partial charge is 0.326 e. The molecule has 0 aliphatic carbocycles. The molecule has 1 unspecified atom stereocenters. The number of amides is 2. The number of aliphatic carboxylic acids is 1. The van der Waals surface area contributed by atoms with Crippen molar-refractivity contribution in [2.24, 2.45) is 5.73 Å². The molecule has 0 bridgehead atoms. The summed E-state index contributed by atoms with van der Waals surface area (Å²) in [5.74, 6) is -2.08. The van der Waals surface area contributed by atoms with Crippen molar-refractivity contribution in [3.05, 3.63) is 0 Å². The third-order valence-corrected chi connectivity index (χ3v) is 3.03. The Morgan fingerprint density at radius 2 is 2.11 bits per heavy atom. The van der Waals surface area contributed by atoms with E-state index in [0.29, 0.717) is 6.42 Å². The van der Waals surface area contributed by atoms with Gasteiger partial charge in [-0.2, -0.15) is 0 Å². The Labute approximate surface area is 111 Å². The first kappa shape index (κ1) is 15.4. The SMILES string of the molecule is NC(=O)CC[C@@H](NC(=O)CCC1CCCO1)C(=O)O. The summed E-state index contributed by atoms with van der Waals surface area (Å²) in [6.07, 6.45) is 2.80. The lowest BCUT2D eigenvalue weighted by Gasteiger charge is -2.14. The Kier molecular flexibility index (Phi) is 6.27. The van der Waals surface area contributed by atoms with Crippen LogP contribution in [0.2, 0.25) is 0 Å². The van der Waals surface area contributed by atoms with Crippen LogP contribution in [0.25, 0.3) is 0 Å². The Morgan fingerprint density at radius 3 is 2.63 bits per heavy atom. The molecule has 7 nitrogen and oxygen atoms in total. The average Bonchev–Trinajstić information content (AvgIpc) is 2.84. The quantitative estimate of drug-likeness (QED) is 0.564. The summed E-state index contributed by atoms with van der Waals surface area (Å²) in [5, 5.41) is 11.3. The van der Waals surface area contributed by atoms with Crippen molar-refractivity contribution in [3.8, 4) is 0 Å². The molecule has 1 rings (SSSR count). The van der Waals surface area contributed by atoms with Gasteiger partial charge in [-0.1, -0.05) is 0 Å². The summed E-state index contributed by atoms with van der Waals surface area (Å²) in [6, 6.07) is -1.07. The van der Waals surface area contributed by atoms with Gasteiger partial charge in [-0.25, -0.2) is 4.79 Å². The second-order valence-corrected chi connectivity index (χ2v) is 4.64. The normalized spacial score (nSPS) is 19.9. The van der Waals surface area contributed by atoms with E-state index in [1.165, 1.54) is 0 Å². The highest BCUT2D eigenvalue weighted by Crippen LogP contribution is 2.16. The summed E-state index contributed by atoms with van der Waals surface area (Å²) in [7, 11) is 0. The molecule has 1 aliphatic heterocycles. The maximum absolute atomic E-state index is 11.6. The molecule has 2 atom stereocenters. The standard InChI is InChI=1S/C12H20N2O5/c13-10(15)5-4-9(12(17)18)14-11(16)6-3-8-2-1-7-19-8/h8-9H,1-7H2,(H2,13,15)(H,14,16)(H,17,18)/t8?,9-/m1/s1. The first-order valence-electron chi connectivity index (χ1n) is 6.41. The van der Waals surface area contributed by atoms with Crippen LogP contribution in [0.15, 0.2) is 0 Å². The Morgan fingerprint density at radius 1 is 1.37 bits per heavy atom. The second kappa shape index (κ2) is 7.73. The molecule has 0 radical (unpaired) electrons. The number of carboxylic acid groups (broad SMARTS) is 1. The molecule has 0 aromatic rings. The predicted molar refractivity (Wildman–Crippen MR) is 66.2 cm³/mol. The number of hydrogen-bond acceptors (Lipinski definition) is 4. The number of carbonyl (C=O) groups is 3. The van der Waals surface area contributed by atoms with Crippen LogP contribution in [0.1, 0.15) is 38.5 Å². The van der Waals surface area contributed by atoms with Crippen LogP contribution in [0.5, 0.6) is 0 Å². The highest BCUT2D eigenvalue weighted by molar-refractivity contribution is 5.84. The van der Waals surface area contributed by atoms with Crippen LogP contribution in [-0.4, -0.2) is 41.6 Å². The predicted octanol–water partition coefficient (Wildman–Crippen LogP) is -0.219. The average molecular weight is 272 g/mol. The van der Waals surface area contributed by atoms with Crippen molar-refractivity contribution in [3.63, 3.8) is 0 Å². The molecule has 4 N–H and O–H groups in total. The molecule has 1 saturated heterocycles. The van der Waals surface area contributed by atoms with Gasteiger partial charge in [-0.15, -0.1) is 0 Å². The summed E-state index contributed by atoms with van der Waals surface area (Å²) in [5.41, 5.74) is 4.95. The fourth-order valence-electron chi connectivity index (χ4n) is 1.97. The third-order valence-electron chi connectivity index (χ3n) is 3.03. The van der Waals surface area contributed by atoms with Gasteiger partial charge in [0.2, 0.25) is 11.8 Å². The van der Waals surface area contributed by atoms with Crippen molar-refractivity contribution >= 4 is 17.8 Å². The first-order chi connectivity index (χ1) is 8.99. The van der Waals surface area contributed by atoms with E-state index in [-0.39, 0.29) is 31.3 Å². The van der Waals surface area contributed by atoms with Crippen molar-refractivity contribution in [2.75, 3.05) is 6.61 Å². The van der Waals surface area contributed by atoms with Gasteiger partial charge in [-0.05, 0) is 25.7 Å². The van der Waals surface area contributed by atoms with Gasteiger partial charge >= 0.3 is 5.97 Å². The number of hydrogen-bond donors (Lipinski definition) is 3. The zero-order chi connectivity index (χ0) is 14.3. The summed E-state index contributed by atoms with van der Waals surface area (Å²) < 4.78 is 5.38. The number of nitrogens with one attached hydrogen (secondary N) is 1. The molecule has 0 aromatic carbocycles. The largest absolute Gasteiger partial charge is 0.480 e. The minimum atomic E-state index is -1.16. The molecule has 0 aromatic heterocycles. The van der Waals surface area contributed by atoms with Crippen LogP contribution in [0.4, 0.5) is 0 Å². The van der Waals surface area contributed by atoms with E-state index in [2.05, 4.69) is 5.32 Å². The van der Waals surface area contributed by atoms with E-state index < -0.39 is 17.9 Å². The summed E-state index contributed by atoms with van der Waals surface area (Å²) >= 11 is 0. The molecule has 1 heterocycles. The Bertz CT molecular complexity index is 339. The van der Waals surface area contributed by atoms with Crippen LogP contribution < -0.4 is 11.1 Å². The number of rotatable bonds is 8. The molecule has 1 aliphatic rings. The number of carbonyl (C=O) groups excluding carboxylic acids is 2. The number of ether oxygens (including phenoxy) is 1. The van der Waals surface area contributed by atoms with Crippen molar-refractivity contribution < 1.29 is 24.2 Å². The zero-order valence-electron chi connectivity index (χ0n) is 10.8. The van der Waals surface area contributed by atoms with Gasteiger partial charge in [0.25, 0.3) is 0 Å². The van der Waals surface area contributed by atoms with Crippen LogP contribution in [-0.2, 0) is 19.1 Å². The zero-order valence-corrected chi connectivity index (χ0v) is 10.8. The van der Waals surface area contributed by atoms with E-state index in [1.807, 2.05) is 0 Å². The fourth-order valence-corrected chi connectivity index (χ4v) is 1.97. The molecule has 19 heavy (non-hydrogen) atoms. The molecule has 2 amide bonds. The maximum Gasteiger partial charge on any atom is 0.326 e. The van der Waals surface area contributed by atoms with E-state index in [4.69, 9.17) is 15.6 Å². The summed E-state index contributed by atoms with van der Waals surface area (Å²) in [4.78, 5) is 33.1. The number of carboxylic acids is 1. The molecular formula is C12H20N2O5. The van der Waals surface area contributed by atoms with E-state index >= 15 is 0 Å². The summed E-state index contributed by atoms with van der Waals surface area (Å²) in [6.45, 7) is 0.725. The lowest BCUT2D eigenvalue weighted by molar-refractivity contribution is -0.142. The van der Waals surface area contributed by atoms with Gasteiger partial charge in [0.05, 0.1) is 6.10 Å². The van der Waals surface area contributed by atoms with Crippen molar-refractivity contribution in [2.45, 2.75) is 50.7 Å². The number of primary amides is 1. The topological polar surface area (TPSA) is 119 Å². The van der Waals surface area contributed by atoms with Crippen molar-refractivity contribution in [1.82, 2.24) is 5.32 Å². The van der Waals surface area contributed by atoms with E-state index in [9.17, 15) is 14.4 Å². The third kappa shape index (κ3) is 6.19. The molecule has 7 heteroatoms. The van der Waals surface area contributed by atoms with Gasteiger partial charge in [-0.3, -0.25) is 9.59 Å². The highest BCUT2D eigenvalue weighted by Gasteiger charge is 2.22. The molecule has 0 spiro atoms. The molecule has 108 valence electrons. The lowest BCUT2D eigenvalue weighted by Crippen LogP contribution is -2.41. The van der Waals surface area contributed by atoms with E-state index in [1.54, 1.807) is 0 Å². The van der Waals surface area contributed by atoms with Gasteiger partial charge in [0.1, 0.15) is 6.04 Å². The Balaban J connectivity index is 2.29.